The number of nitro groups is 2. The van der Waals surface area contributed by atoms with Gasteiger partial charge < -0.3 is 5.32 Å². The van der Waals surface area contributed by atoms with E-state index in [1.54, 1.807) is 18.2 Å². The predicted molar refractivity (Wildman–Crippen MR) is 105 cm³/mol. The number of nitro benzene ring substituents is 2. The SMILES string of the molecule is Cc1nc(-c2cccc(NC(=O)c3cc([N+](=O)[O-])c(C)c([N+](=O)[O-])c3)c2)cs1. The van der Waals surface area contributed by atoms with E-state index in [-0.39, 0.29) is 11.1 Å². The first-order chi connectivity index (χ1) is 13.3. The molecule has 0 aliphatic rings. The average Bonchev–Trinajstić information content (AvgIpc) is 3.08. The van der Waals surface area contributed by atoms with E-state index in [4.69, 9.17) is 0 Å². The number of nitrogens with one attached hydrogen (secondary N) is 1. The highest BCUT2D eigenvalue weighted by molar-refractivity contribution is 7.09. The van der Waals surface area contributed by atoms with Crippen LogP contribution in [0, 0.1) is 34.1 Å². The Labute approximate surface area is 163 Å². The average molecular weight is 398 g/mol. The molecule has 0 unspecified atom stereocenters. The summed E-state index contributed by atoms with van der Waals surface area (Å²) in [6.45, 7) is 3.16. The summed E-state index contributed by atoms with van der Waals surface area (Å²) in [6, 6.07) is 9.00. The summed E-state index contributed by atoms with van der Waals surface area (Å²) in [5.74, 6) is -0.683. The molecule has 1 aromatic heterocycles. The number of hydrogen-bond acceptors (Lipinski definition) is 7. The lowest BCUT2D eigenvalue weighted by Crippen LogP contribution is -2.13. The normalized spacial score (nSPS) is 10.5. The Kier molecular flexibility index (Phi) is 5.14. The Morgan fingerprint density at radius 3 is 2.25 bits per heavy atom. The van der Waals surface area contributed by atoms with Crippen LogP contribution in [0.15, 0.2) is 41.8 Å². The molecular formula is C18H14N4O5S. The highest BCUT2D eigenvalue weighted by Gasteiger charge is 2.25. The number of amides is 1. The highest BCUT2D eigenvalue weighted by Crippen LogP contribution is 2.30. The van der Waals surface area contributed by atoms with Crippen LogP contribution < -0.4 is 5.32 Å². The van der Waals surface area contributed by atoms with Crippen LogP contribution in [0.5, 0.6) is 0 Å². The van der Waals surface area contributed by atoms with E-state index in [2.05, 4.69) is 10.3 Å². The summed E-state index contributed by atoms with van der Waals surface area (Å²) in [5.41, 5.74) is 0.769. The van der Waals surface area contributed by atoms with E-state index in [0.717, 1.165) is 28.4 Å². The van der Waals surface area contributed by atoms with Crippen LogP contribution in [0.25, 0.3) is 11.3 Å². The van der Waals surface area contributed by atoms with Gasteiger partial charge in [0.15, 0.2) is 0 Å². The van der Waals surface area contributed by atoms with Crippen LogP contribution in [-0.4, -0.2) is 20.7 Å². The Morgan fingerprint density at radius 1 is 1.07 bits per heavy atom. The maximum absolute atomic E-state index is 12.6. The summed E-state index contributed by atoms with van der Waals surface area (Å²) in [6.07, 6.45) is 0. The maximum atomic E-state index is 12.6. The first-order valence-electron chi connectivity index (χ1n) is 8.03. The number of nitrogens with zero attached hydrogens (tertiary/aromatic N) is 3. The molecule has 0 radical (unpaired) electrons. The van der Waals surface area contributed by atoms with E-state index in [1.165, 1.54) is 18.3 Å². The molecule has 10 heteroatoms. The van der Waals surface area contributed by atoms with Crippen molar-refractivity contribution in [3.8, 4) is 11.3 Å². The van der Waals surface area contributed by atoms with Crippen LogP contribution in [0.1, 0.15) is 20.9 Å². The van der Waals surface area contributed by atoms with Gasteiger partial charge >= 0.3 is 0 Å². The zero-order valence-electron chi connectivity index (χ0n) is 14.8. The number of rotatable bonds is 5. The first kappa shape index (κ1) is 19.1. The quantitative estimate of drug-likeness (QED) is 0.498. The smallest absolute Gasteiger partial charge is 0.279 e. The van der Waals surface area contributed by atoms with Crippen molar-refractivity contribution < 1.29 is 14.6 Å². The molecule has 9 nitrogen and oxygen atoms in total. The fourth-order valence-corrected chi connectivity index (χ4v) is 3.27. The van der Waals surface area contributed by atoms with Crippen molar-refractivity contribution in [2.45, 2.75) is 13.8 Å². The molecule has 0 saturated carbocycles. The number of carbonyl (C=O) groups is 1. The van der Waals surface area contributed by atoms with Crippen molar-refractivity contribution in [1.82, 2.24) is 4.98 Å². The standard InChI is InChI=1S/C18H14N4O5S/c1-10-16(21(24)25)7-13(8-17(10)22(26)27)18(23)20-14-5-3-4-12(6-14)15-9-28-11(2)19-15/h3-9H,1-2H3,(H,20,23). The van der Waals surface area contributed by atoms with Gasteiger partial charge in [0.25, 0.3) is 17.3 Å². The lowest BCUT2D eigenvalue weighted by Gasteiger charge is -2.08. The molecule has 3 aromatic rings. The van der Waals surface area contributed by atoms with Crippen LogP contribution in [-0.2, 0) is 0 Å². The molecule has 0 aliphatic heterocycles. The Morgan fingerprint density at radius 2 is 1.71 bits per heavy atom. The minimum absolute atomic E-state index is 0.104. The Hall–Kier alpha value is -3.66. The topological polar surface area (TPSA) is 128 Å². The molecule has 142 valence electrons. The van der Waals surface area contributed by atoms with Gasteiger partial charge in [0, 0.05) is 28.8 Å². The number of hydrogen-bond donors (Lipinski definition) is 1. The lowest BCUT2D eigenvalue weighted by atomic mass is 10.1. The number of thiazole rings is 1. The zero-order chi connectivity index (χ0) is 20.4. The second kappa shape index (κ2) is 7.53. The number of anilines is 1. The molecule has 1 N–H and O–H groups in total. The van der Waals surface area contributed by atoms with Gasteiger partial charge in [-0.2, -0.15) is 0 Å². The van der Waals surface area contributed by atoms with Gasteiger partial charge in [0.2, 0.25) is 0 Å². The summed E-state index contributed by atoms with van der Waals surface area (Å²) >= 11 is 1.50. The van der Waals surface area contributed by atoms with Gasteiger partial charge in [-0.25, -0.2) is 4.98 Å². The summed E-state index contributed by atoms with van der Waals surface area (Å²) < 4.78 is 0. The number of aromatic nitrogens is 1. The van der Waals surface area contributed by atoms with E-state index >= 15 is 0 Å². The second-order valence-corrected chi connectivity index (χ2v) is 7.00. The third-order valence-corrected chi connectivity index (χ3v) is 4.82. The van der Waals surface area contributed by atoms with Gasteiger partial charge in [0.1, 0.15) is 5.56 Å². The molecule has 1 heterocycles. The predicted octanol–water partition coefficient (Wildman–Crippen LogP) is 4.50. The third kappa shape index (κ3) is 3.86. The fraction of sp³-hybridized carbons (Fsp3) is 0.111. The van der Waals surface area contributed by atoms with Crippen molar-refractivity contribution in [3.63, 3.8) is 0 Å². The molecule has 0 aliphatic carbocycles. The molecule has 0 bridgehead atoms. The van der Waals surface area contributed by atoms with Crippen molar-refractivity contribution in [1.29, 1.82) is 0 Å². The van der Waals surface area contributed by atoms with Crippen LogP contribution in [0.4, 0.5) is 17.1 Å². The molecule has 0 fully saturated rings. The van der Waals surface area contributed by atoms with Gasteiger partial charge in [-0.05, 0) is 26.0 Å². The number of carbonyl (C=O) groups excluding carboxylic acids is 1. The first-order valence-corrected chi connectivity index (χ1v) is 8.91. The Balaban J connectivity index is 1.93. The minimum Gasteiger partial charge on any atom is -0.322 e. The molecule has 28 heavy (non-hydrogen) atoms. The van der Waals surface area contributed by atoms with Crippen molar-refractivity contribution in [2.75, 3.05) is 5.32 Å². The number of aryl methyl sites for hydroxylation is 1. The summed E-state index contributed by atoms with van der Waals surface area (Å²) in [7, 11) is 0. The minimum atomic E-state index is -0.746. The highest BCUT2D eigenvalue weighted by atomic mass is 32.1. The van der Waals surface area contributed by atoms with Gasteiger partial charge in [-0.15, -0.1) is 11.3 Å². The molecule has 0 spiro atoms. The summed E-state index contributed by atoms with van der Waals surface area (Å²) in [4.78, 5) is 37.8. The van der Waals surface area contributed by atoms with E-state index in [9.17, 15) is 25.0 Å². The molecule has 1 amide bonds. The van der Waals surface area contributed by atoms with Crippen LogP contribution in [0.3, 0.4) is 0 Å². The second-order valence-electron chi connectivity index (χ2n) is 5.94. The zero-order valence-corrected chi connectivity index (χ0v) is 15.6. The van der Waals surface area contributed by atoms with Gasteiger partial charge in [-0.3, -0.25) is 25.0 Å². The van der Waals surface area contributed by atoms with Crippen molar-refractivity contribution >= 4 is 34.3 Å². The maximum Gasteiger partial charge on any atom is 0.279 e. The summed E-state index contributed by atoms with van der Waals surface area (Å²) in [5, 5.41) is 27.8. The largest absolute Gasteiger partial charge is 0.322 e. The van der Waals surface area contributed by atoms with Crippen LogP contribution in [0.2, 0.25) is 0 Å². The molecule has 3 rings (SSSR count). The fourth-order valence-electron chi connectivity index (χ4n) is 2.65. The Bertz CT molecular complexity index is 1070. The van der Waals surface area contributed by atoms with Gasteiger partial charge in [0.05, 0.1) is 26.1 Å². The molecular weight excluding hydrogens is 384 g/mol. The van der Waals surface area contributed by atoms with Crippen LogP contribution >= 0.6 is 11.3 Å². The van der Waals surface area contributed by atoms with E-state index < -0.39 is 27.1 Å². The number of benzene rings is 2. The van der Waals surface area contributed by atoms with E-state index in [1.807, 2.05) is 18.4 Å². The molecule has 0 saturated heterocycles. The molecule has 2 aromatic carbocycles. The van der Waals surface area contributed by atoms with Gasteiger partial charge in [-0.1, -0.05) is 12.1 Å². The van der Waals surface area contributed by atoms with E-state index in [0.29, 0.717) is 5.69 Å². The van der Waals surface area contributed by atoms with Crippen molar-refractivity contribution in [2.24, 2.45) is 0 Å². The van der Waals surface area contributed by atoms with Crippen molar-refractivity contribution in [3.05, 3.63) is 78.1 Å². The molecule has 0 atom stereocenters. The third-order valence-electron chi connectivity index (χ3n) is 4.04. The monoisotopic (exact) mass is 398 g/mol. The lowest BCUT2D eigenvalue weighted by molar-refractivity contribution is -0.395.